The zero-order chi connectivity index (χ0) is 13.5. The highest BCUT2D eigenvalue weighted by Crippen LogP contribution is 2.21. The second kappa shape index (κ2) is 6.66. The van der Waals surface area contributed by atoms with Gasteiger partial charge in [0, 0.05) is 0 Å². The van der Waals surface area contributed by atoms with Gasteiger partial charge in [-0.3, -0.25) is 0 Å². The lowest BCUT2D eigenvalue weighted by molar-refractivity contribution is -0.159. The van der Waals surface area contributed by atoms with Crippen molar-refractivity contribution in [1.29, 1.82) is 0 Å². The SMILES string of the molecule is CCOC(=O)C(O)C(O)c1ccc(N=C=O)cc1. The monoisotopic (exact) mass is 251 g/mol. The summed E-state index contributed by atoms with van der Waals surface area (Å²) in [6, 6.07) is 5.81. The van der Waals surface area contributed by atoms with Crippen LogP contribution < -0.4 is 0 Å². The molecule has 2 unspecified atom stereocenters. The van der Waals surface area contributed by atoms with Crippen LogP contribution in [0.25, 0.3) is 0 Å². The molecule has 1 aromatic carbocycles. The van der Waals surface area contributed by atoms with Gasteiger partial charge in [0.05, 0.1) is 12.3 Å². The fourth-order valence-electron chi connectivity index (χ4n) is 1.34. The number of carbonyl (C=O) groups is 1. The summed E-state index contributed by atoms with van der Waals surface area (Å²) in [6.07, 6.45) is -1.66. The third-order valence-corrected chi connectivity index (χ3v) is 2.24. The van der Waals surface area contributed by atoms with Gasteiger partial charge in [-0.1, -0.05) is 12.1 Å². The number of aliphatic hydroxyl groups is 2. The lowest BCUT2D eigenvalue weighted by Gasteiger charge is -2.16. The number of isocyanates is 1. The van der Waals surface area contributed by atoms with Crippen LogP contribution in [0.5, 0.6) is 0 Å². The van der Waals surface area contributed by atoms with Gasteiger partial charge in [-0.05, 0) is 24.6 Å². The number of hydrogen-bond donors (Lipinski definition) is 2. The smallest absolute Gasteiger partial charge is 0.338 e. The van der Waals surface area contributed by atoms with E-state index < -0.39 is 18.2 Å². The molecule has 0 fully saturated rings. The first-order valence-corrected chi connectivity index (χ1v) is 5.30. The van der Waals surface area contributed by atoms with Crippen LogP contribution in [0, 0.1) is 0 Å². The summed E-state index contributed by atoms with van der Waals surface area (Å²) in [4.78, 5) is 24.6. The first-order valence-electron chi connectivity index (χ1n) is 5.30. The Morgan fingerprint density at radius 2 is 2.00 bits per heavy atom. The highest BCUT2D eigenvalue weighted by atomic mass is 16.5. The maximum Gasteiger partial charge on any atom is 0.338 e. The Labute approximate surface area is 104 Å². The van der Waals surface area contributed by atoms with Crippen molar-refractivity contribution >= 4 is 17.7 Å². The van der Waals surface area contributed by atoms with Gasteiger partial charge in [0.25, 0.3) is 0 Å². The normalized spacial score (nSPS) is 13.3. The van der Waals surface area contributed by atoms with Crippen LogP contribution in [-0.4, -0.2) is 35.0 Å². The molecule has 0 aliphatic heterocycles. The molecule has 6 heteroatoms. The van der Waals surface area contributed by atoms with E-state index in [1.165, 1.54) is 30.3 Å². The Morgan fingerprint density at radius 1 is 1.39 bits per heavy atom. The van der Waals surface area contributed by atoms with Gasteiger partial charge in [0.2, 0.25) is 6.08 Å². The minimum atomic E-state index is -1.65. The quantitative estimate of drug-likeness (QED) is 0.454. The molecule has 18 heavy (non-hydrogen) atoms. The molecule has 0 radical (unpaired) electrons. The standard InChI is InChI=1S/C12H13NO5/c1-2-18-12(17)11(16)10(15)8-3-5-9(6-4-8)13-7-14/h3-6,10-11,15-16H,2H2,1H3. The summed E-state index contributed by atoms with van der Waals surface area (Å²) in [5, 5.41) is 19.3. The summed E-state index contributed by atoms with van der Waals surface area (Å²) in [5.74, 6) is -0.889. The van der Waals surface area contributed by atoms with Crippen molar-refractivity contribution in [3.8, 4) is 0 Å². The number of hydrogen-bond acceptors (Lipinski definition) is 6. The number of carbonyl (C=O) groups excluding carboxylic acids is 2. The van der Waals surface area contributed by atoms with Gasteiger partial charge in [0.1, 0.15) is 6.10 Å². The zero-order valence-corrected chi connectivity index (χ0v) is 9.74. The molecule has 0 aromatic heterocycles. The predicted molar refractivity (Wildman–Crippen MR) is 61.8 cm³/mol. The largest absolute Gasteiger partial charge is 0.464 e. The highest BCUT2D eigenvalue weighted by Gasteiger charge is 2.26. The van der Waals surface area contributed by atoms with Crippen LogP contribution in [0.4, 0.5) is 5.69 Å². The molecule has 0 amide bonds. The topological polar surface area (TPSA) is 96.2 Å². The Kier molecular flexibility index (Phi) is 5.20. The van der Waals surface area contributed by atoms with E-state index in [0.717, 1.165) is 0 Å². The zero-order valence-electron chi connectivity index (χ0n) is 9.74. The molecular weight excluding hydrogens is 238 g/mol. The summed E-state index contributed by atoms with van der Waals surface area (Å²) < 4.78 is 4.59. The van der Waals surface area contributed by atoms with E-state index in [2.05, 4.69) is 9.73 Å². The van der Waals surface area contributed by atoms with Crippen molar-refractivity contribution < 1.29 is 24.5 Å². The molecule has 2 atom stereocenters. The molecule has 2 N–H and O–H groups in total. The molecule has 1 rings (SSSR count). The van der Waals surface area contributed by atoms with Crippen LogP contribution in [0.15, 0.2) is 29.3 Å². The maximum absolute atomic E-state index is 11.2. The van der Waals surface area contributed by atoms with Crippen LogP contribution in [0.1, 0.15) is 18.6 Å². The van der Waals surface area contributed by atoms with Gasteiger partial charge in [0.15, 0.2) is 6.10 Å². The van der Waals surface area contributed by atoms with Crippen molar-refractivity contribution in [2.24, 2.45) is 4.99 Å². The van der Waals surface area contributed by atoms with Crippen LogP contribution in [-0.2, 0) is 14.3 Å². The van der Waals surface area contributed by atoms with Crippen LogP contribution >= 0.6 is 0 Å². The van der Waals surface area contributed by atoms with Crippen molar-refractivity contribution in [1.82, 2.24) is 0 Å². The van der Waals surface area contributed by atoms with Gasteiger partial charge in [-0.25, -0.2) is 9.59 Å². The molecule has 1 aromatic rings. The average Bonchev–Trinajstić information content (AvgIpc) is 2.38. The lowest BCUT2D eigenvalue weighted by atomic mass is 10.0. The summed E-state index contributed by atoms with van der Waals surface area (Å²) in [6.45, 7) is 1.72. The predicted octanol–water partition coefficient (Wildman–Crippen LogP) is 0.611. The van der Waals surface area contributed by atoms with E-state index >= 15 is 0 Å². The van der Waals surface area contributed by atoms with Gasteiger partial charge in [-0.2, -0.15) is 4.99 Å². The van der Waals surface area contributed by atoms with E-state index in [9.17, 15) is 19.8 Å². The van der Waals surface area contributed by atoms with Crippen molar-refractivity contribution in [2.75, 3.05) is 6.61 Å². The number of aliphatic hydroxyl groups excluding tert-OH is 2. The fraction of sp³-hybridized carbons (Fsp3) is 0.333. The van der Waals surface area contributed by atoms with Crippen molar-refractivity contribution in [3.05, 3.63) is 29.8 Å². The molecule has 6 nitrogen and oxygen atoms in total. The summed E-state index contributed by atoms with van der Waals surface area (Å²) >= 11 is 0. The van der Waals surface area contributed by atoms with E-state index in [0.29, 0.717) is 11.3 Å². The molecular formula is C12H13NO5. The minimum Gasteiger partial charge on any atom is -0.464 e. The number of ether oxygens (including phenoxy) is 1. The Hall–Kier alpha value is -2.01. The van der Waals surface area contributed by atoms with Crippen molar-refractivity contribution in [3.63, 3.8) is 0 Å². The lowest BCUT2D eigenvalue weighted by Crippen LogP contribution is -2.29. The summed E-state index contributed by atoms with van der Waals surface area (Å²) in [7, 11) is 0. The molecule has 0 spiro atoms. The molecule has 0 saturated heterocycles. The molecule has 0 aliphatic rings. The molecule has 96 valence electrons. The second-order valence-electron chi connectivity index (χ2n) is 3.44. The van der Waals surface area contributed by atoms with E-state index in [1.54, 1.807) is 6.92 Å². The molecule has 0 aliphatic carbocycles. The second-order valence-corrected chi connectivity index (χ2v) is 3.44. The van der Waals surface area contributed by atoms with Crippen LogP contribution in [0.2, 0.25) is 0 Å². The number of aliphatic imine (C=N–C) groups is 1. The number of esters is 1. The van der Waals surface area contributed by atoms with Crippen molar-refractivity contribution in [2.45, 2.75) is 19.1 Å². The Morgan fingerprint density at radius 3 is 2.50 bits per heavy atom. The van der Waals surface area contributed by atoms with E-state index in [-0.39, 0.29) is 6.61 Å². The van der Waals surface area contributed by atoms with Crippen LogP contribution in [0.3, 0.4) is 0 Å². The van der Waals surface area contributed by atoms with E-state index in [4.69, 9.17) is 0 Å². The highest BCUT2D eigenvalue weighted by molar-refractivity contribution is 5.75. The number of rotatable bonds is 5. The van der Waals surface area contributed by atoms with E-state index in [1.807, 2.05) is 0 Å². The fourth-order valence-corrected chi connectivity index (χ4v) is 1.34. The Bertz CT molecular complexity index is 450. The Balaban J connectivity index is 2.80. The molecule has 0 bridgehead atoms. The number of benzene rings is 1. The van der Waals surface area contributed by atoms with Gasteiger partial charge < -0.3 is 14.9 Å². The van der Waals surface area contributed by atoms with Gasteiger partial charge in [-0.15, -0.1) is 0 Å². The average molecular weight is 251 g/mol. The first-order chi connectivity index (χ1) is 8.60. The molecule has 0 heterocycles. The first kappa shape index (κ1) is 14.1. The summed E-state index contributed by atoms with van der Waals surface area (Å²) in [5.41, 5.74) is 0.687. The maximum atomic E-state index is 11.2. The third-order valence-electron chi connectivity index (χ3n) is 2.24. The minimum absolute atomic E-state index is 0.121. The third kappa shape index (κ3) is 3.49. The molecule has 0 saturated carbocycles. The van der Waals surface area contributed by atoms with Gasteiger partial charge >= 0.3 is 5.97 Å². The number of nitrogens with zero attached hydrogens (tertiary/aromatic N) is 1.